The number of rotatable bonds is 2. The number of hydrogen-bond donors (Lipinski definition) is 1. The summed E-state index contributed by atoms with van der Waals surface area (Å²) in [5.41, 5.74) is 2.82. The molecule has 0 aliphatic carbocycles. The van der Waals surface area contributed by atoms with Gasteiger partial charge in [-0.15, -0.1) is 11.3 Å². The highest BCUT2D eigenvalue weighted by molar-refractivity contribution is 7.21. The van der Waals surface area contributed by atoms with Crippen LogP contribution in [-0.2, 0) is 0 Å². The molecule has 0 unspecified atom stereocenters. The van der Waals surface area contributed by atoms with Gasteiger partial charge in [-0.05, 0) is 24.3 Å². The molecule has 0 aliphatic heterocycles. The van der Waals surface area contributed by atoms with Crippen LogP contribution in [0.15, 0.2) is 53.1 Å². The Morgan fingerprint density at radius 1 is 1.19 bits per heavy atom. The van der Waals surface area contributed by atoms with E-state index in [2.05, 4.69) is 4.98 Å². The molecule has 0 spiro atoms. The highest BCUT2D eigenvalue weighted by atomic mass is 32.1. The lowest BCUT2D eigenvalue weighted by molar-refractivity contribution is 0.0697. The lowest BCUT2D eigenvalue weighted by atomic mass is 10.2. The molecule has 0 bridgehead atoms. The second-order valence-electron chi connectivity index (χ2n) is 4.65. The standard InChI is InChI=1S/C16H9NO3S/c18-16(19)9-5-6-12-14(7-9)21-15(17-12)11-8-20-13-4-2-1-3-10(11)13/h1-8H,(H,18,19). The zero-order chi connectivity index (χ0) is 14.4. The van der Waals surface area contributed by atoms with Crippen molar-refractivity contribution in [2.45, 2.75) is 0 Å². The molecule has 0 aliphatic rings. The Bertz CT molecular complexity index is 983. The number of aromatic nitrogens is 1. The van der Waals surface area contributed by atoms with Crippen molar-refractivity contribution < 1.29 is 14.3 Å². The third-order valence-corrected chi connectivity index (χ3v) is 4.40. The topological polar surface area (TPSA) is 63.3 Å². The third kappa shape index (κ3) is 1.90. The van der Waals surface area contributed by atoms with Crippen molar-refractivity contribution in [3.8, 4) is 10.6 Å². The normalized spacial score (nSPS) is 11.2. The molecule has 0 saturated heterocycles. The minimum Gasteiger partial charge on any atom is -0.478 e. The van der Waals surface area contributed by atoms with Crippen LogP contribution in [0, 0.1) is 0 Å². The fourth-order valence-corrected chi connectivity index (χ4v) is 3.34. The summed E-state index contributed by atoms with van der Waals surface area (Å²) in [6.07, 6.45) is 1.69. The van der Waals surface area contributed by atoms with Crippen LogP contribution in [0.4, 0.5) is 0 Å². The lowest BCUT2D eigenvalue weighted by Crippen LogP contribution is -1.94. The van der Waals surface area contributed by atoms with E-state index in [4.69, 9.17) is 9.52 Å². The van der Waals surface area contributed by atoms with Gasteiger partial charge in [0.2, 0.25) is 0 Å². The van der Waals surface area contributed by atoms with Crippen molar-refractivity contribution in [3.05, 3.63) is 54.3 Å². The summed E-state index contributed by atoms with van der Waals surface area (Å²) < 4.78 is 6.39. The highest BCUT2D eigenvalue weighted by Crippen LogP contribution is 2.35. The maximum Gasteiger partial charge on any atom is 0.335 e. The third-order valence-electron chi connectivity index (χ3n) is 3.35. The zero-order valence-electron chi connectivity index (χ0n) is 10.7. The van der Waals surface area contributed by atoms with E-state index in [9.17, 15) is 4.79 Å². The first kappa shape index (κ1) is 12.1. The largest absolute Gasteiger partial charge is 0.478 e. The Morgan fingerprint density at radius 3 is 2.90 bits per heavy atom. The first-order chi connectivity index (χ1) is 10.2. The zero-order valence-corrected chi connectivity index (χ0v) is 11.6. The number of furan rings is 1. The van der Waals surface area contributed by atoms with E-state index >= 15 is 0 Å². The Kier molecular flexibility index (Phi) is 2.55. The van der Waals surface area contributed by atoms with E-state index in [1.54, 1.807) is 24.5 Å². The monoisotopic (exact) mass is 295 g/mol. The fourth-order valence-electron chi connectivity index (χ4n) is 2.32. The average Bonchev–Trinajstić information content (AvgIpc) is 3.09. The van der Waals surface area contributed by atoms with E-state index in [0.717, 1.165) is 31.8 Å². The average molecular weight is 295 g/mol. The van der Waals surface area contributed by atoms with Gasteiger partial charge in [-0.3, -0.25) is 0 Å². The van der Waals surface area contributed by atoms with E-state index in [1.165, 1.54) is 11.3 Å². The molecule has 2 aromatic heterocycles. The molecule has 102 valence electrons. The maximum atomic E-state index is 11.0. The number of para-hydroxylation sites is 1. The fraction of sp³-hybridized carbons (Fsp3) is 0. The van der Waals surface area contributed by atoms with E-state index < -0.39 is 5.97 Å². The van der Waals surface area contributed by atoms with Crippen LogP contribution < -0.4 is 0 Å². The predicted octanol–water partition coefficient (Wildman–Crippen LogP) is 4.41. The summed E-state index contributed by atoms with van der Waals surface area (Å²) in [6.45, 7) is 0. The van der Waals surface area contributed by atoms with E-state index in [0.29, 0.717) is 0 Å². The second-order valence-corrected chi connectivity index (χ2v) is 5.68. The smallest absolute Gasteiger partial charge is 0.335 e. The van der Waals surface area contributed by atoms with Gasteiger partial charge in [0, 0.05) is 5.39 Å². The van der Waals surface area contributed by atoms with Crippen molar-refractivity contribution in [3.63, 3.8) is 0 Å². The van der Waals surface area contributed by atoms with Gasteiger partial charge in [0.1, 0.15) is 16.9 Å². The summed E-state index contributed by atoms with van der Waals surface area (Å²) in [5, 5.41) is 10.9. The van der Waals surface area contributed by atoms with Gasteiger partial charge in [-0.1, -0.05) is 18.2 Å². The molecule has 2 heterocycles. The number of thiazole rings is 1. The van der Waals surface area contributed by atoms with Gasteiger partial charge in [-0.25, -0.2) is 9.78 Å². The summed E-state index contributed by atoms with van der Waals surface area (Å²) in [5.74, 6) is -0.930. The second kappa shape index (κ2) is 4.43. The van der Waals surface area contributed by atoms with Crippen molar-refractivity contribution in [2.75, 3.05) is 0 Å². The highest BCUT2D eigenvalue weighted by Gasteiger charge is 2.13. The number of carboxylic acid groups (broad SMARTS) is 1. The van der Waals surface area contributed by atoms with Gasteiger partial charge in [0.15, 0.2) is 0 Å². The van der Waals surface area contributed by atoms with Crippen molar-refractivity contribution in [1.82, 2.24) is 4.98 Å². The number of fused-ring (bicyclic) bond motifs is 2. The quantitative estimate of drug-likeness (QED) is 0.595. The van der Waals surface area contributed by atoms with Crippen molar-refractivity contribution in [2.24, 2.45) is 0 Å². The predicted molar refractivity (Wildman–Crippen MR) is 81.8 cm³/mol. The Labute approximate surface area is 123 Å². The van der Waals surface area contributed by atoms with Gasteiger partial charge in [0.05, 0.1) is 21.3 Å². The van der Waals surface area contributed by atoms with Crippen LogP contribution in [0.2, 0.25) is 0 Å². The molecule has 0 fully saturated rings. The Hall–Kier alpha value is -2.66. The molecular formula is C16H9NO3S. The molecule has 4 nitrogen and oxygen atoms in total. The summed E-state index contributed by atoms with van der Waals surface area (Å²) >= 11 is 1.47. The lowest BCUT2D eigenvalue weighted by Gasteiger charge is -1.91. The Balaban J connectivity index is 1.92. The first-order valence-corrected chi connectivity index (χ1v) is 7.14. The van der Waals surface area contributed by atoms with Gasteiger partial charge in [0.25, 0.3) is 0 Å². The summed E-state index contributed by atoms with van der Waals surface area (Å²) in [7, 11) is 0. The SMILES string of the molecule is O=C(O)c1ccc2nc(-c3coc4ccccc34)sc2c1. The number of aromatic carboxylic acids is 1. The minimum atomic E-state index is -0.930. The number of benzene rings is 2. The van der Waals surface area contributed by atoms with Crippen LogP contribution in [0.5, 0.6) is 0 Å². The Morgan fingerprint density at radius 2 is 2.05 bits per heavy atom. The molecule has 21 heavy (non-hydrogen) atoms. The number of hydrogen-bond acceptors (Lipinski definition) is 4. The molecular weight excluding hydrogens is 286 g/mol. The van der Waals surface area contributed by atoms with Gasteiger partial charge < -0.3 is 9.52 Å². The number of nitrogens with zero attached hydrogens (tertiary/aromatic N) is 1. The minimum absolute atomic E-state index is 0.273. The van der Waals surface area contributed by atoms with Crippen LogP contribution in [-0.4, -0.2) is 16.1 Å². The van der Waals surface area contributed by atoms with E-state index in [1.807, 2.05) is 24.3 Å². The van der Waals surface area contributed by atoms with Crippen LogP contribution in [0.25, 0.3) is 31.8 Å². The summed E-state index contributed by atoms with van der Waals surface area (Å²) in [4.78, 5) is 15.6. The molecule has 4 aromatic rings. The molecule has 0 amide bonds. The molecule has 0 radical (unpaired) electrons. The van der Waals surface area contributed by atoms with Crippen molar-refractivity contribution in [1.29, 1.82) is 0 Å². The maximum absolute atomic E-state index is 11.0. The molecule has 2 aromatic carbocycles. The van der Waals surface area contributed by atoms with Gasteiger partial charge in [-0.2, -0.15) is 0 Å². The van der Waals surface area contributed by atoms with Crippen LogP contribution >= 0.6 is 11.3 Å². The van der Waals surface area contributed by atoms with Gasteiger partial charge >= 0.3 is 5.97 Å². The number of carbonyl (C=O) groups is 1. The van der Waals surface area contributed by atoms with E-state index in [-0.39, 0.29) is 5.56 Å². The molecule has 5 heteroatoms. The van der Waals surface area contributed by atoms with Crippen molar-refractivity contribution >= 4 is 38.5 Å². The van der Waals surface area contributed by atoms with Crippen LogP contribution in [0.3, 0.4) is 0 Å². The molecule has 1 N–H and O–H groups in total. The molecule has 4 rings (SSSR count). The first-order valence-electron chi connectivity index (χ1n) is 6.33. The number of carboxylic acids is 1. The molecule has 0 atom stereocenters. The van der Waals surface area contributed by atoms with Crippen LogP contribution in [0.1, 0.15) is 10.4 Å². The summed E-state index contributed by atoms with van der Waals surface area (Å²) in [6, 6.07) is 12.7. The molecule has 0 saturated carbocycles.